The molecule has 0 aliphatic carbocycles. The van der Waals surface area contributed by atoms with E-state index in [1.54, 1.807) is 46.1 Å². The lowest BCUT2D eigenvalue weighted by atomic mass is 9.96. The van der Waals surface area contributed by atoms with Crippen LogP contribution in [0.5, 0.6) is 23.0 Å². The Morgan fingerprint density at radius 2 is 1.62 bits per heavy atom. The van der Waals surface area contributed by atoms with Gasteiger partial charge in [-0.3, -0.25) is 14.5 Å². The summed E-state index contributed by atoms with van der Waals surface area (Å²) in [5.74, 6) is 0.105. The predicted molar refractivity (Wildman–Crippen MR) is 213 cm³/mol. The third-order valence-electron chi connectivity index (χ3n) is 9.05. The molecule has 2 heterocycles. The number of nitrogens with zero attached hydrogens (tertiary/aromatic N) is 3. The maximum atomic E-state index is 14.1. The summed E-state index contributed by atoms with van der Waals surface area (Å²) in [7, 11) is 4.49. The van der Waals surface area contributed by atoms with E-state index in [1.807, 2.05) is 24.3 Å². The highest BCUT2D eigenvalue weighted by atomic mass is 35.5. The lowest BCUT2D eigenvalue weighted by Gasteiger charge is -2.39. The Labute approximate surface area is 341 Å². The van der Waals surface area contributed by atoms with Crippen molar-refractivity contribution in [1.29, 1.82) is 0 Å². The minimum atomic E-state index is -1.98. The number of nitrogens with one attached hydrogen (secondary N) is 1. The SMILES string of the molecule is COc1ccc(COCCOc2ccc(C(=O)NCC(O)(CN3CCN(C(=O)OC(C)(C)C)CC3=O)c3ccc(OC)c(-c4ccc(F)c(Cl)c4)n3)cc2OC)cc1. The number of hydrogen-bond donors (Lipinski definition) is 2. The van der Waals surface area contributed by atoms with E-state index in [0.29, 0.717) is 36.0 Å². The topological polar surface area (TPSA) is 158 Å². The molecule has 16 heteroatoms. The van der Waals surface area contributed by atoms with Crippen molar-refractivity contribution in [1.82, 2.24) is 20.1 Å². The van der Waals surface area contributed by atoms with Crippen LogP contribution in [0, 0.1) is 5.82 Å². The molecule has 310 valence electrons. The zero-order valence-corrected chi connectivity index (χ0v) is 34.1. The number of β-amino-alcohol motifs (C(OH)–C–C–N with tert-alkyl or cyclic N) is 1. The Balaban J connectivity index is 1.32. The lowest BCUT2D eigenvalue weighted by molar-refractivity contribution is -0.140. The fourth-order valence-electron chi connectivity index (χ4n) is 6.00. The summed E-state index contributed by atoms with van der Waals surface area (Å²) in [5.41, 5.74) is -0.850. The van der Waals surface area contributed by atoms with Gasteiger partial charge in [-0.05, 0) is 87.0 Å². The molecule has 3 amide bonds. The average Bonchev–Trinajstić information content (AvgIpc) is 3.21. The molecule has 0 spiro atoms. The van der Waals surface area contributed by atoms with E-state index in [2.05, 4.69) is 5.32 Å². The molecule has 3 aromatic carbocycles. The summed E-state index contributed by atoms with van der Waals surface area (Å²) in [4.78, 5) is 47.2. The molecule has 0 saturated carbocycles. The van der Waals surface area contributed by atoms with Crippen LogP contribution in [-0.2, 0) is 26.5 Å². The van der Waals surface area contributed by atoms with E-state index < -0.39 is 41.5 Å². The lowest BCUT2D eigenvalue weighted by Crippen LogP contribution is -2.58. The Hall–Kier alpha value is -5.64. The van der Waals surface area contributed by atoms with Gasteiger partial charge < -0.3 is 43.7 Å². The first-order valence-electron chi connectivity index (χ1n) is 18.4. The molecule has 1 atom stereocenters. The third-order valence-corrected chi connectivity index (χ3v) is 9.34. The maximum Gasteiger partial charge on any atom is 0.410 e. The number of halogens is 2. The van der Waals surface area contributed by atoms with Gasteiger partial charge in [-0.15, -0.1) is 0 Å². The fourth-order valence-corrected chi connectivity index (χ4v) is 6.18. The van der Waals surface area contributed by atoms with Crippen LogP contribution in [0.3, 0.4) is 0 Å². The fraction of sp³-hybridized carbons (Fsp3) is 0.381. The average molecular weight is 823 g/mol. The molecule has 0 radical (unpaired) electrons. The number of carbonyl (C=O) groups excluding carboxylic acids is 3. The number of piperazine rings is 1. The summed E-state index contributed by atoms with van der Waals surface area (Å²) < 4.78 is 47.4. The zero-order valence-electron chi connectivity index (χ0n) is 33.3. The first-order valence-corrected chi connectivity index (χ1v) is 18.8. The first kappa shape index (κ1) is 43.5. The van der Waals surface area contributed by atoms with Gasteiger partial charge in [0.25, 0.3) is 5.91 Å². The highest BCUT2D eigenvalue weighted by Gasteiger charge is 2.39. The first-order chi connectivity index (χ1) is 27.6. The third kappa shape index (κ3) is 11.3. The molecular formula is C42H48ClFN4O10. The molecule has 1 saturated heterocycles. The molecule has 1 aliphatic rings. The van der Waals surface area contributed by atoms with Crippen molar-refractivity contribution in [2.45, 2.75) is 38.6 Å². The molecule has 1 fully saturated rings. The molecule has 14 nitrogen and oxygen atoms in total. The summed E-state index contributed by atoms with van der Waals surface area (Å²) >= 11 is 6.10. The predicted octanol–water partition coefficient (Wildman–Crippen LogP) is 5.86. The largest absolute Gasteiger partial charge is 0.497 e. The van der Waals surface area contributed by atoms with Gasteiger partial charge in [0.1, 0.15) is 47.4 Å². The number of methoxy groups -OCH3 is 3. The molecule has 0 bridgehead atoms. The minimum Gasteiger partial charge on any atom is -0.497 e. The number of ether oxygens (including phenoxy) is 6. The van der Waals surface area contributed by atoms with E-state index in [1.165, 1.54) is 54.4 Å². The van der Waals surface area contributed by atoms with Crippen molar-refractivity contribution in [2.24, 2.45) is 0 Å². The van der Waals surface area contributed by atoms with Crippen LogP contribution in [0.25, 0.3) is 11.3 Å². The summed E-state index contributed by atoms with van der Waals surface area (Å²) in [5, 5.41) is 15.1. The highest BCUT2D eigenvalue weighted by Crippen LogP contribution is 2.34. The van der Waals surface area contributed by atoms with Gasteiger partial charge in [0.05, 0.1) is 58.3 Å². The number of rotatable bonds is 16. The number of carbonyl (C=O) groups is 3. The second-order valence-electron chi connectivity index (χ2n) is 14.4. The van der Waals surface area contributed by atoms with Crippen LogP contribution in [0.4, 0.5) is 9.18 Å². The summed E-state index contributed by atoms with van der Waals surface area (Å²) in [6, 6.07) is 19.3. The van der Waals surface area contributed by atoms with E-state index in [0.717, 1.165) is 11.3 Å². The molecule has 2 N–H and O–H groups in total. The van der Waals surface area contributed by atoms with Gasteiger partial charge in [0, 0.05) is 24.2 Å². The quantitative estimate of drug-likeness (QED) is 0.131. The Bertz CT molecular complexity index is 2080. The second-order valence-corrected chi connectivity index (χ2v) is 14.8. The van der Waals surface area contributed by atoms with Crippen molar-refractivity contribution < 1.29 is 52.3 Å². The number of amides is 3. The standard InChI is InChI=1S/C42H48ClFN4O10/c1-41(2,3)58-40(51)47-17-18-48(37(49)23-47)26-42(52,36-16-15-34(54-5)38(46-36)28-9-13-32(44)31(43)21-28)25-45-39(50)29-10-14-33(35(22-29)55-6)57-20-19-56-24-27-7-11-30(53-4)12-8-27/h7-16,21-22,52H,17-20,23-26H2,1-6H3,(H,45,50). The van der Waals surface area contributed by atoms with E-state index in [9.17, 15) is 23.9 Å². The van der Waals surface area contributed by atoms with Crippen LogP contribution >= 0.6 is 11.6 Å². The molecule has 58 heavy (non-hydrogen) atoms. The van der Waals surface area contributed by atoms with Crippen molar-refractivity contribution in [3.8, 4) is 34.3 Å². The monoisotopic (exact) mass is 822 g/mol. The minimum absolute atomic E-state index is 0.0656. The second kappa shape index (κ2) is 19.2. The van der Waals surface area contributed by atoms with E-state index in [4.69, 9.17) is 45.0 Å². The molecule has 1 aliphatic heterocycles. The van der Waals surface area contributed by atoms with Crippen LogP contribution < -0.4 is 24.3 Å². The van der Waals surface area contributed by atoms with Gasteiger partial charge in [0.15, 0.2) is 11.5 Å². The van der Waals surface area contributed by atoms with Crippen molar-refractivity contribution in [2.75, 3.05) is 67.3 Å². The molecule has 5 rings (SSSR count). The Morgan fingerprint density at radius 3 is 2.28 bits per heavy atom. The van der Waals surface area contributed by atoms with E-state index in [-0.39, 0.29) is 54.8 Å². The molecule has 1 aromatic heterocycles. The molecular weight excluding hydrogens is 775 g/mol. The zero-order chi connectivity index (χ0) is 42.0. The van der Waals surface area contributed by atoms with Crippen LogP contribution in [0.2, 0.25) is 5.02 Å². The Morgan fingerprint density at radius 1 is 0.897 bits per heavy atom. The van der Waals surface area contributed by atoms with Crippen LogP contribution in [0.1, 0.15) is 42.4 Å². The van der Waals surface area contributed by atoms with Gasteiger partial charge in [0.2, 0.25) is 5.91 Å². The molecule has 4 aromatic rings. The van der Waals surface area contributed by atoms with E-state index >= 15 is 0 Å². The maximum absolute atomic E-state index is 14.1. The van der Waals surface area contributed by atoms with Gasteiger partial charge in [-0.25, -0.2) is 14.2 Å². The number of aliphatic hydroxyl groups is 1. The van der Waals surface area contributed by atoms with Gasteiger partial charge in [-0.2, -0.15) is 0 Å². The normalized spacial score (nSPS) is 14.1. The molecule has 1 unspecified atom stereocenters. The van der Waals surface area contributed by atoms with Crippen LogP contribution in [-0.4, -0.2) is 111 Å². The van der Waals surface area contributed by atoms with Crippen LogP contribution in [0.15, 0.2) is 72.8 Å². The number of benzene rings is 3. The number of aromatic nitrogens is 1. The smallest absolute Gasteiger partial charge is 0.410 e. The summed E-state index contributed by atoms with van der Waals surface area (Å²) in [6.07, 6.45) is -0.632. The van der Waals surface area contributed by atoms with Gasteiger partial charge in [-0.1, -0.05) is 23.7 Å². The number of hydrogen-bond acceptors (Lipinski definition) is 11. The summed E-state index contributed by atoms with van der Waals surface area (Å²) in [6.45, 7) is 5.31. The van der Waals surface area contributed by atoms with Crippen molar-refractivity contribution in [3.05, 3.63) is 100 Å². The highest BCUT2D eigenvalue weighted by molar-refractivity contribution is 6.31. The van der Waals surface area contributed by atoms with Gasteiger partial charge >= 0.3 is 6.09 Å². The number of pyridine rings is 1. The Kier molecular flexibility index (Phi) is 14.4. The van der Waals surface area contributed by atoms with Crippen molar-refractivity contribution >= 4 is 29.5 Å². The van der Waals surface area contributed by atoms with Crippen molar-refractivity contribution in [3.63, 3.8) is 0 Å².